The minimum Gasteiger partial charge on any atom is -0.359 e. The minimum absolute atomic E-state index is 0.122. The van der Waals surface area contributed by atoms with Crippen molar-refractivity contribution in [2.75, 3.05) is 19.3 Å². The third-order valence-corrected chi connectivity index (χ3v) is 3.96. The lowest BCUT2D eigenvalue weighted by atomic mass is 10.2. The smallest absolute Gasteiger partial charge is 0.219 e. The Morgan fingerprint density at radius 2 is 2.15 bits per heavy atom. The van der Waals surface area contributed by atoms with E-state index in [1.165, 1.54) is 10.5 Å². The van der Waals surface area contributed by atoms with Crippen LogP contribution in [0.15, 0.2) is 29.2 Å². The molecule has 0 saturated carbocycles. The Labute approximate surface area is 126 Å². The molecule has 2 N–H and O–H groups in total. The number of rotatable bonds is 9. The molecule has 20 heavy (non-hydrogen) atoms. The molecule has 0 heterocycles. The van der Waals surface area contributed by atoms with Crippen LogP contribution in [0.4, 0.5) is 0 Å². The molecule has 0 fully saturated rings. The van der Waals surface area contributed by atoms with E-state index >= 15 is 0 Å². The zero-order valence-electron chi connectivity index (χ0n) is 12.7. The van der Waals surface area contributed by atoms with Crippen LogP contribution in [-0.4, -0.2) is 25.3 Å². The Morgan fingerprint density at radius 3 is 2.85 bits per heavy atom. The molecule has 0 aliphatic heterocycles. The van der Waals surface area contributed by atoms with Crippen molar-refractivity contribution in [3.63, 3.8) is 0 Å². The second-order valence-corrected chi connectivity index (χ2v) is 6.47. The van der Waals surface area contributed by atoms with Crippen molar-refractivity contribution in [1.82, 2.24) is 10.6 Å². The van der Waals surface area contributed by atoms with E-state index in [4.69, 9.17) is 0 Å². The Balaban J connectivity index is 2.30. The molecule has 0 aliphatic carbocycles. The molecule has 3 nitrogen and oxygen atoms in total. The van der Waals surface area contributed by atoms with Gasteiger partial charge in [0.2, 0.25) is 5.91 Å². The first-order valence-corrected chi connectivity index (χ1v) is 8.23. The van der Waals surface area contributed by atoms with E-state index < -0.39 is 0 Å². The fourth-order valence-corrected chi connectivity index (χ4v) is 2.73. The topological polar surface area (TPSA) is 41.1 Å². The van der Waals surface area contributed by atoms with Gasteiger partial charge in [-0.1, -0.05) is 26.0 Å². The van der Waals surface area contributed by atoms with E-state index in [2.05, 4.69) is 48.7 Å². The summed E-state index contributed by atoms with van der Waals surface area (Å²) in [6, 6.07) is 8.63. The van der Waals surface area contributed by atoms with Gasteiger partial charge in [0, 0.05) is 24.9 Å². The van der Waals surface area contributed by atoms with Gasteiger partial charge in [-0.25, -0.2) is 0 Å². The molecule has 1 aromatic carbocycles. The van der Waals surface area contributed by atoms with Crippen molar-refractivity contribution in [1.29, 1.82) is 0 Å². The van der Waals surface area contributed by atoms with Crippen LogP contribution in [0, 0.1) is 5.92 Å². The number of thioether (sulfide) groups is 1. The molecular weight excluding hydrogens is 268 g/mol. The molecule has 0 atom stereocenters. The lowest BCUT2D eigenvalue weighted by Crippen LogP contribution is -2.18. The molecule has 0 aromatic heterocycles. The normalized spacial score (nSPS) is 10.8. The molecule has 1 amide bonds. The summed E-state index contributed by atoms with van der Waals surface area (Å²) in [5.41, 5.74) is 1.32. The van der Waals surface area contributed by atoms with Gasteiger partial charge in [0.05, 0.1) is 0 Å². The van der Waals surface area contributed by atoms with Crippen molar-refractivity contribution >= 4 is 17.7 Å². The number of amides is 1. The number of nitrogens with one attached hydrogen (secondary N) is 2. The third-order valence-electron chi connectivity index (χ3n) is 2.88. The molecule has 0 radical (unpaired) electrons. The van der Waals surface area contributed by atoms with Crippen molar-refractivity contribution in [3.8, 4) is 0 Å². The van der Waals surface area contributed by atoms with Gasteiger partial charge in [-0.15, -0.1) is 11.8 Å². The van der Waals surface area contributed by atoms with E-state index in [9.17, 15) is 4.79 Å². The van der Waals surface area contributed by atoms with Crippen LogP contribution in [0.25, 0.3) is 0 Å². The molecule has 1 aromatic rings. The molecule has 0 unspecified atom stereocenters. The molecule has 0 spiro atoms. The number of hydrogen-bond donors (Lipinski definition) is 2. The van der Waals surface area contributed by atoms with Crippen molar-refractivity contribution < 1.29 is 4.79 Å². The average molecular weight is 294 g/mol. The van der Waals surface area contributed by atoms with Gasteiger partial charge in [-0.05, 0) is 42.3 Å². The summed E-state index contributed by atoms with van der Waals surface area (Å²) in [5.74, 6) is 1.78. The highest BCUT2D eigenvalue weighted by Gasteiger charge is 2.00. The average Bonchev–Trinajstić information content (AvgIpc) is 2.43. The fraction of sp³-hybridized carbons (Fsp3) is 0.562. The third kappa shape index (κ3) is 7.56. The van der Waals surface area contributed by atoms with Crippen LogP contribution in [0.1, 0.15) is 32.3 Å². The van der Waals surface area contributed by atoms with Gasteiger partial charge in [0.25, 0.3) is 0 Å². The summed E-state index contributed by atoms with van der Waals surface area (Å²) in [7, 11) is 1.68. The van der Waals surface area contributed by atoms with Gasteiger partial charge in [-0.3, -0.25) is 4.79 Å². The van der Waals surface area contributed by atoms with E-state index in [1.54, 1.807) is 7.05 Å². The number of carbonyl (C=O) groups is 1. The highest BCUT2D eigenvalue weighted by Crippen LogP contribution is 2.20. The van der Waals surface area contributed by atoms with Crippen LogP contribution in [0.2, 0.25) is 0 Å². The maximum atomic E-state index is 11.1. The van der Waals surface area contributed by atoms with E-state index in [1.807, 2.05) is 11.8 Å². The highest BCUT2D eigenvalue weighted by molar-refractivity contribution is 7.99. The standard InChI is InChI=1S/C16H26N2OS/c1-13(2)11-18-12-14-6-4-7-15(10-14)20-9-5-8-16(19)17-3/h4,6-7,10,13,18H,5,8-9,11-12H2,1-3H3,(H,17,19). The van der Waals surface area contributed by atoms with E-state index in [-0.39, 0.29) is 5.91 Å². The van der Waals surface area contributed by atoms with Gasteiger partial charge in [0.15, 0.2) is 0 Å². The largest absolute Gasteiger partial charge is 0.359 e. The number of carbonyl (C=O) groups excluding carboxylic acids is 1. The summed E-state index contributed by atoms with van der Waals surface area (Å²) in [6.45, 7) is 6.39. The second-order valence-electron chi connectivity index (χ2n) is 5.30. The van der Waals surface area contributed by atoms with E-state index in [0.717, 1.165) is 25.3 Å². The first-order valence-electron chi connectivity index (χ1n) is 7.25. The SMILES string of the molecule is CNC(=O)CCCSc1cccc(CNCC(C)C)c1. The summed E-state index contributed by atoms with van der Waals surface area (Å²) in [5, 5.41) is 6.10. The first kappa shape index (κ1) is 17.1. The molecule has 0 aliphatic rings. The van der Waals surface area contributed by atoms with Crippen molar-refractivity contribution in [2.24, 2.45) is 5.92 Å². The number of hydrogen-bond acceptors (Lipinski definition) is 3. The van der Waals surface area contributed by atoms with Crippen molar-refractivity contribution in [3.05, 3.63) is 29.8 Å². The predicted octanol–water partition coefficient (Wildman–Crippen LogP) is 3.05. The quantitative estimate of drug-likeness (QED) is 0.543. The molecule has 0 saturated heterocycles. The Kier molecular flexibility index (Phi) is 8.38. The Bertz CT molecular complexity index is 407. The fourth-order valence-electron chi connectivity index (χ4n) is 1.80. The number of benzene rings is 1. The van der Waals surface area contributed by atoms with Crippen LogP contribution < -0.4 is 10.6 Å². The maximum absolute atomic E-state index is 11.1. The van der Waals surface area contributed by atoms with Crippen molar-refractivity contribution in [2.45, 2.75) is 38.1 Å². The molecular formula is C16H26N2OS. The summed E-state index contributed by atoms with van der Waals surface area (Å²) in [4.78, 5) is 12.4. The zero-order valence-corrected chi connectivity index (χ0v) is 13.6. The van der Waals surface area contributed by atoms with Gasteiger partial charge >= 0.3 is 0 Å². The lowest BCUT2D eigenvalue weighted by Gasteiger charge is -2.08. The van der Waals surface area contributed by atoms with Crippen LogP contribution in [-0.2, 0) is 11.3 Å². The van der Waals surface area contributed by atoms with Gasteiger partial charge in [0.1, 0.15) is 0 Å². The molecule has 1 rings (SSSR count). The lowest BCUT2D eigenvalue weighted by molar-refractivity contribution is -0.120. The zero-order chi connectivity index (χ0) is 14.8. The van der Waals surface area contributed by atoms with Gasteiger partial charge < -0.3 is 10.6 Å². The van der Waals surface area contributed by atoms with E-state index in [0.29, 0.717) is 12.3 Å². The molecule has 0 bridgehead atoms. The minimum atomic E-state index is 0.122. The summed E-state index contributed by atoms with van der Waals surface area (Å²) >= 11 is 1.82. The maximum Gasteiger partial charge on any atom is 0.219 e. The summed E-state index contributed by atoms with van der Waals surface area (Å²) in [6.07, 6.45) is 1.53. The predicted molar refractivity (Wildman–Crippen MR) is 87.0 cm³/mol. The van der Waals surface area contributed by atoms with Crippen LogP contribution in [0.5, 0.6) is 0 Å². The molecule has 4 heteroatoms. The Hall–Kier alpha value is -1.00. The highest BCUT2D eigenvalue weighted by atomic mass is 32.2. The van der Waals surface area contributed by atoms with Crippen LogP contribution >= 0.6 is 11.8 Å². The van der Waals surface area contributed by atoms with Crippen LogP contribution in [0.3, 0.4) is 0 Å². The van der Waals surface area contributed by atoms with Gasteiger partial charge in [-0.2, -0.15) is 0 Å². The first-order chi connectivity index (χ1) is 9.61. The summed E-state index contributed by atoms with van der Waals surface area (Å²) < 4.78 is 0. The molecule has 112 valence electrons. The second kappa shape index (κ2) is 9.83. The Morgan fingerprint density at radius 1 is 1.35 bits per heavy atom. The monoisotopic (exact) mass is 294 g/mol.